The van der Waals surface area contributed by atoms with Gasteiger partial charge in [-0.15, -0.1) is 0 Å². The van der Waals surface area contributed by atoms with Crippen LogP contribution < -0.4 is 11.1 Å². The monoisotopic (exact) mass is 276 g/mol. The zero-order valence-electron chi connectivity index (χ0n) is 12.3. The first-order valence-electron chi connectivity index (χ1n) is 7.10. The average molecular weight is 276 g/mol. The number of aryl methyl sites for hydroxylation is 1. The van der Waals surface area contributed by atoms with Gasteiger partial charge in [0.05, 0.1) is 19.8 Å². The Morgan fingerprint density at radius 1 is 1.45 bits per heavy atom. The molecule has 0 radical (unpaired) electrons. The standard InChI is InChI=1S/C15H24N4O/c1-12-4-3-5-14(10-12)18-15(16)17-11-13(2)19-6-8-20-9-7-19/h3-5,10,13H,6-9,11H2,1-2H3,(H3,16,17,18). The molecule has 1 aromatic carbocycles. The second-order valence-electron chi connectivity index (χ2n) is 5.22. The van der Waals surface area contributed by atoms with Crippen LogP contribution in [0.1, 0.15) is 12.5 Å². The number of anilines is 1. The van der Waals surface area contributed by atoms with Crippen molar-refractivity contribution >= 4 is 11.6 Å². The molecule has 0 aliphatic carbocycles. The molecule has 5 nitrogen and oxygen atoms in total. The molecule has 1 atom stereocenters. The van der Waals surface area contributed by atoms with Gasteiger partial charge in [0.15, 0.2) is 5.96 Å². The number of guanidine groups is 1. The van der Waals surface area contributed by atoms with Crippen molar-refractivity contribution in [3.05, 3.63) is 29.8 Å². The number of nitrogens with zero attached hydrogens (tertiary/aromatic N) is 2. The van der Waals surface area contributed by atoms with Gasteiger partial charge in [0.25, 0.3) is 0 Å². The van der Waals surface area contributed by atoms with Crippen molar-refractivity contribution in [1.82, 2.24) is 4.90 Å². The molecule has 5 heteroatoms. The number of nitrogens with one attached hydrogen (secondary N) is 1. The van der Waals surface area contributed by atoms with E-state index in [1.165, 1.54) is 5.56 Å². The molecule has 0 amide bonds. The molecule has 3 N–H and O–H groups in total. The lowest BCUT2D eigenvalue weighted by atomic mass is 10.2. The van der Waals surface area contributed by atoms with Crippen LogP contribution in [0, 0.1) is 6.92 Å². The maximum atomic E-state index is 5.93. The number of ether oxygens (including phenoxy) is 1. The number of aliphatic imine (C=N–C) groups is 1. The van der Waals surface area contributed by atoms with E-state index < -0.39 is 0 Å². The largest absolute Gasteiger partial charge is 0.379 e. The Morgan fingerprint density at radius 3 is 2.90 bits per heavy atom. The van der Waals surface area contributed by atoms with Crippen LogP contribution in [0.5, 0.6) is 0 Å². The molecule has 2 rings (SSSR count). The fourth-order valence-corrected chi connectivity index (χ4v) is 2.27. The molecule has 1 heterocycles. The van der Waals surface area contributed by atoms with Crippen LogP contribution in [0.2, 0.25) is 0 Å². The average Bonchev–Trinajstić information content (AvgIpc) is 2.46. The summed E-state index contributed by atoms with van der Waals surface area (Å²) in [6.45, 7) is 8.50. The van der Waals surface area contributed by atoms with Crippen LogP contribution in [0.3, 0.4) is 0 Å². The van der Waals surface area contributed by atoms with Gasteiger partial charge in [0.2, 0.25) is 0 Å². The van der Waals surface area contributed by atoms with E-state index in [4.69, 9.17) is 10.5 Å². The van der Waals surface area contributed by atoms with Gasteiger partial charge in [0.1, 0.15) is 0 Å². The van der Waals surface area contributed by atoms with E-state index in [1.807, 2.05) is 18.2 Å². The van der Waals surface area contributed by atoms with Gasteiger partial charge in [-0.3, -0.25) is 9.89 Å². The minimum Gasteiger partial charge on any atom is -0.379 e. The Balaban J connectivity index is 1.83. The van der Waals surface area contributed by atoms with Crippen molar-refractivity contribution in [1.29, 1.82) is 0 Å². The molecule has 0 spiro atoms. The fraction of sp³-hybridized carbons (Fsp3) is 0.533. The number of nitrogens with two attached hydrogens (primary N) is 1. The molecule has 1 aromatic rings. The van der Waals surface area contributed by atoms with Crippen LogP contribution in [0.25, 0.3) is 0 Å². The molecule has 20 heavy (non-hydrogen) atoms. The van der Waals surface area contributed by atoms with E-state index >= 15 is 0 Å². The molecule has 1 fully saturated rings. The first-order chi connectivity index (χ1) is 9.65. The topological polar surface area (TPSA) is 62.9 Å². The van der Waals surface area contributed by atoms with Crippen LogP contribution in [-0.4, -0.2) is 49.7 Å². The van der Waals surface area contributed by atoms with Gasteiger partial charge in [-0.2, -0.15) is 0 Å². The minimum absolute atomic E-state index is 0.386. The van der Waals surface area contributed by atoms with E-state index in [2.05, 4.69) is 35.1 Å². The van der Waals surface area contributed by atoms with E-state index in [0.717, 1.165) is 32.0 Å². The van der Waals surface area contributed by atoms with Gasteiger partial charge in [-0.25, -0.2) is 0 Å². The molecular formula is C15H24N4O. The summed E-state index contributed by atoms with van der Waals surface area (Å²) in [4.78, 5) is 6.81. The Morgan fingerprint density at radius 2 is 2.20 bits per heavy atom. The Kier molecular flexibility index (Phi) is 5.38. The van der Waals surface area contributed by atoms with Crippen LogP contribution >= 0.6 is 0 Å². The highest BCUT2D eigenvalue weighted by Gasteiger charge is 2.16. The number of hydrogen-bond acceptors (Lipinski definition) is 3. The van der Waals surface area contributed by atoms with E-state index in [-0.39, 0.29) is 0 Å². The summed E-state index contributed by atoms with van der Waals surface area (Å²) in [5.74, 6) is 0.468. The van der Waals surface area contributed by atoms with E-state index in [1.54, 1.807) is 0 Å². The van der Waals surface area contributed by atoms with Crippen molar-refractivity contribution < 1.29 is 4.74 Å². The van der Waals surface area contributed by atoms with Crippen molar-refractivity contribution in [2.75, 3.05) is 38.2 Å². The summed E-state index contributed by atoms with van der Waals surface area (Å²) in [6, 6.07) is 8.48. The Labute approximate surface area is 120 Å². The van der Waals surface area contributed by atoms with E-state index in [0.29, 0.717) is 18.5 Å². The van der Waals surface area contributed by atoms with Crippen molar-refractivity contribution in [2.24, 2.45) is 10.7 Å². The molecule has 110 valence electrons. The second kappa shape index (κ2) is 7.26. The zero-order chi connectivity index (χ0) is 14.4. The number of rotatable bonds is 4. The quantitative estimate of drug-likeness (QED) is 0.645. The van der Waals surface area contributed by atoms with Crippen molar-refractivity contribution in [3.8, 4) is 0 Å². The van der Waals surface area contributed by atoms with Gasteiger partial charge < -0.3 is 15.8 Å². The second-order valence-corrected chi connectivity index (χ2v) is 5.22. The normalized spacial score (nSPS) is 18.8. The lowest BCUT2D eigenvalue weighted by Gasteiger charge is -2.31. The molecule has 0 saturated carbocycles. The summed E-state index contributed by atoms with van der Waals surface area (Å²) >= 11 is 0. The molecule has 0 aromatic heterocycles. The first-order valence-corrected chi connectivity index (χ1v) is 7.10. The van der Waals surface area contributed by atoms with Crippen LogP contribution in [-0.2, 0) is 4.74 Å². The van der Waals surface area contributed by atoms with Crippen molar-refractivity contribution in [3.63, 3.8) is 0 Å². The third kappa shape index (κ3) is 4.51. The summed E-state index contributed by atoms with van der Waals surface area (Å²) in [7, 11) is 0. The molecule has 1 aliphatic rings. The van der Waals surface area contributed by atoms with Crippen LogP contribution in [0.15, 0.2) is 29.3 Å². The highest BCUT2D eigenvalue weighted by Crippen LogP contribution is 2.09. The van der Waals surface area contributed by atoms with E-state index in [9.17, 15) is 0 Å². The molecule has 1 aliphatic heterocycles. The summed E-state index contributed by atoms with van der Waals surface area (Å²) in [5, 5.41) is 3.13. The smallest absolute Gasteiger partial charge is 0.193 e. The molecule has 1 unspecified atom stereocenters. The van der Waals surface area contributed by atoms with Gasteiger partial charge in [-0.05, 0) is 31.5 Å². The first kappa shape index (κ1) is 14.8. The zero-order valence-corrected chi connectivity index (χ0v) is 12.3. The fourth-order valence-electron chi connectivity index (χ4n) is 2.27. The predicted molar refractivity (Wildman–Crippen MR) is 83.1 cm³/mol. The highest BCUT2D eigenvalue weighted by atomic mass is 16.5. The SMILES string of the molecule is Cc1cccc(NC(N)=NCC(C)N2CCOCC2)c1. The Hall–Kier alpha value is -1.59. The number of morpholine rings is 1. The minimum atomic E-state index is 0.386. The molecule has 0 bridgehead atoms. The third-order valence-corrected chi connectivity index (χ3v) is 3.49. The maximum absolute atomic E-state index is 5.93. The summed E-state index contributed by atoms with van der Waals surface area (Å²) < 4.78 is 5.35. The highest BCUT2D eigenvalue weighted by molar-refractivity contribution is 5.92. The molecule has 1 saturated heterocycles. The lowest BCUT2D eigenvalue weighted by Crippen LogP contribution is -2.43. The summed E-state index contributed by atoms with van der Waals surface area (Å²) in [5.41, 5.74) is 8.11. The van der Waals surface area contributed by atoms with Gasteiger partial charge >= 0.3 is 0 Å². The Bertz CT molecular complexity index is 455. The summed E-state index contributed by atoms with van der Waals surface area (Å²) in [6.07, 6.45) is 0. The third-order valence-electron chi connectivity index (χ3n) is 3.49. The van der Waals surface area contributed by atoms with Gasteiger partial charge in [-0.1, -0.05) is 12.1 Å². The maximum Gasteiger partial charge on any atom is 0.193 e. The van der Waals surface area contributed by atoms with Crippen molar-refractivity contribution in [2.45, 2.75) is 19.9 Å². The molecular weight excluding hydrogens is 252 g/mol. The number of benzene rings is 1. The number of hydrogen-bond donors (Lipinski definition) is 2. The van der Waals surface area contributed by atoms with Gasteiger partial charge in [0, 0.05) is 24.8 Å². The lowest BCUT2D eigenvalue weighted by molar-refractivity contribution is 0.0221. The predicted octanol–water partition coefficient (Wildman–Crippen LogP) is 1.44. The van der Waals surface area contributed by atoms with Crippen LogP contribution in [0.4, 0.5) is 5.69 Å².